The molecule has 4 heteroatoms. The number of benzene rings is 2. The second kappa shape index (κ2) is 9.83. The first kappa shape index (κ1) is 20.5. The van der Waals surface area contributed by atoms with E-state index in [0.29, 0.717) is 13.1 Å². The fraction of sp³-hybridized carbons (Fsp3) is 0.458. The highest BCUT2D eigenvalue weighted by Crippen LogP contribution is 2.21. The molecule has 1 saturated heterocycles. The standard InChI is InChI=1S/C24H31FN2O/c1-3-18-9-10-19(4-2)22(15-18)16-26-24(28)20-11-13-27(14-12-20)17-21-7-5-6-8-23(21)25/h5-10,15,20H,3-4,11-14,16-17H2,1-2H3,(H,26,28). The van der Waals surface area contributed by atoms with E-state index in [9.17, 15) is 9.18 Å². The van der Waals surface area contributed by atoms with Gasteiger partial charge in [0, 0.05) is 24.6 Å². The van der Waals surface area contributed by atoms with E-state index in [2.05, 4.69) is 42.3 Å². The van der Waals surface area contributed by atoms with E-state index < -0.39 is 0 Å². The Morgan fingerprint density at radius 1 is 1.04 bits per heavy atom. The minimum Gasteiger partial charge on any atom is -0.352 e. The first-order chi connectivity index (χ1) is 13.6. The lowest BCUT2D eigenvalue weighted by molar-refractivity contribution is -0.126. The molecule has 0 radical (unpaired) electrons. The zero-order valence-electron chi connectivity index (χ0n) is 17.0. The number of aryl methyl sites for hydroxylation is 2. The van der Waals surface area contributed by atoms with E-state index in [-0.39, 0.29) is 17.6 Å². The van der Waals surface area contributed by atoms with Gasteiger partial charge in [-0.2, -0.15) is 0 Å². The fourth-order valence-corrected chi connectivity index (χ4v) is 3.96. The number of rotatable bonds is 7. The number of halogens is 1. The molecule has 3 rings (SSSR count). The summed E-state index contributed by atoms with van der Waals surface area (Å²) in [6, 6.07) is 13.5. The van der Waals surface area contributed by atoms with Crippen LogP contribution < -0.4 is 5.32 Å². The zero-order chi connectivity index (χ0) is 19.9. The summed E-state index contributed by atoms with van der Waals surface area (Å²) in [6.45, 7) is 7.18. The largest absolute Gasteiger partial charge is 0.352 e. The van der Waals surface area contributed by atoms with Crippen LogP contribution in [0.25, 0.3) is 0 Å². The third kappa shape index (κ3) is 5.20. The lowest BCUT2D eigenvalue weighted by atomic mass is 9.95. The summed E-state index contributed by atoms with van der Waals surface area (Å²) in [4.78, 5) is 14.9. The Morgan fingerprint density at radius 3 is 2.46 bits per heavy atom. The van der Waals surface area contributed by atoms with Crippen molar-refractivity contribution in [3.63, 3.8) is 0 Å². The minimum absolute atomic E-state index is 0.0521. The summed E-state index contributed by atoms with van der Waals surface area (Å²) >= 11 is 0. The van der Waals surface area contributed by atoms with Gasteiger partial charge in [-0.3, -0.25) is 9.69 Å². The Hall–Kier alpha value is -2.20. The molecule has 1 N–H and O–H groups in total. The van der Waals surface area contributed by atoms with Crippen molar-refractivity contribution in [3.05, 3.63) is 70.5 Å². The molecule has 1 heterocycles. The Kier molecular flexibility index (Phi) is 7.21. The van der Waals surface area contributed by atoms with Crippen LogP contribution in [-0.2, 0) is 30.7 Å². The molecule has 28 heavy (non-hydrogen) atoms. The van der Waals surface area contributed by atoms with Crippen LogP contribution in [0.1, 0.15) is 48.9 Å². The molecule has 1 fully saturated rings. The average molecular weight is 383 g/mol. The van der Waals surface area contributed by atoms with E-state index in [4.69, 9.17) is 0 Å². The summed E-state index contributed by atoms with van der Waals surface area (Å²) in [5.74, 6) is 0.0502. The van der Waals surface area contributed by atoms with Gasteiger partial charge >= 0.3 is 0 Å². The number of carbonyl (C=O) groups is 1. The van der Waals surface area contributed by atoms with Crippen molar-refractivity contribution in [2.75, 3.05) is 13.1 Å². The summed E-state index contributed by atoms with van der Waals surface area (Å²) in [7, 11) is 0. The molecule has 1 amide bonds. The number of nitrogens with zero attached hydrogens (tertiary/aromatic N) is 1. The average Bonchev–Trinajstić information content (AvgIpc) is 2.74. The lowest BCUT2D eigenvalue weighted by Crippen LogP contribution is -2.40. The van der Waals surface area contributed by atoms with Gasteiger partial charge in [-0.15, -0.1) is 0 Å². The SMILES string of the molecule is CCc1ccc(CC)c(CNC(=O)C2CCN(Cc3ccccc3F)CC2)c1. The molecule has 0 atom stereocenters. The summed E-state index contributed by atoms with van der Waals surface area (Å²) in [6.07, 6.45) is 3.64. The van der Waals surface area contributed by atoms with Crippen LogP contribution in [0.4, 0.5) is 4.39 Å². The van der Waals surface area contributed by atoms with Gasteiger partial charge in [-0.25, -0.2) is 4.39 Å². The van der Waals surface area contributed by atoms with Crippen molar-refractivity contribution < 1.29 is 9.18 Å². The Labute approximate surface area is 167 Å². The molecular weight excluding hydrogens is 351 g/mol. The van der Waals surface area contributed by atoms with Gasteiger partial charge in [0.15, 0.2) is 0 Å². The first-order valence-electron chi connectivity index (χ1n) is 10.4. The Bertz CT molecular complexity index is 797. The summed E-state index contributed by atoms with van der Waals surface area (Å²) in [5.41, 5.74) is 4.57. The molecule has 0 aliphatic carbocycles. The number of hydrogen-bond donors (Lipinski definition) is 1. The van der Waals surface area contributed by atoms with Crippen molar-refractivity contribution in [2.24, 2.45) is 5.92 Å². The molecule has 0 bridgehead atoms. The highest BCUT2D eigenvalue weighted by molar-refractivity contribution is 5.78. The van der Waals surface area contributed by atoms with E-state index >= 15 is 0 Å². The van der Waals surface area contributed by atoms with Crippen molar-refractivity contribution in [1.29, 1.82) is 0 Å². The molecule has 0 unspecified atom stereocenters. The maximum Gasteiger partial charge on any atom is 0.223 e. The van der Waals surface area contributed by atoms with Crippen LogP contribution in [0.5, 0.6) is 0 Å². The highest BCUT2D eigenvalue weighted by Gasteiger charge is 2.25. The maximum atomic E-state index is 13.8. The molecule has 3 nitrogen and oxygen atoms in total. The number of piperidine rings is 1. The number of nitrogens with one attached hydrogen (secondary N) is 1. The number of carbonyl (C=O) groups excluding carboxylic acids is 1. The van der Waals surface area contributed by atoms with Gasteiger partial charge in [-0.05, 0) is 61.5 Å². The quantitative estimate of drug-likeness (QED) is 0.766. The molecule has 1 aliphatic rings. The second-order valence-electron chi connectivity index (χ2n) is 7.67. The predicted octanol–water partition coefficient (Wildman–Crippen LogP) is 4.48. The van der Waals surface area contributed by atoms with Crippen LogP contribution in [0.3, 0.4) is 0 Å². The number of amides is 1. The van der Waals surface area contributed by atoms with E-state index in [0.717, 1.165) is 44.3 Å². The van der Waals surface area contributed by atoms with Crippen molar-refractivity contribution in [2.45, 2.75) is 52.6 Å². The second-order valence-corrected chi connectivity index (χ2v) is 7.67. The molecule has 150 valence electrons. The molecule has 0 saturated carbocycles. The van der Waals surface area contributed by atoms with Crippen LogP contribution in [-0.4, -0.2) is 23.9 Å². The minimum atomic E-state index is -0.150. The van der Waals surface area contributed by atoms with E-state index in [1.807, 2.05) is 12.1 Å². The van der Waals surface area contributed by atoms with Gasteiger partial charge in [0.25, 0.3) is 0 Å². The monoisotopic (exact) mass is 382 g/mol. The summed E-state index contributed by atoms with van der Waals surface area (Å²) < 4.78 is 13.8. The molecule has 2 aromatic carbocycles. The molecular formula is C24H31FN2O. The maximum absolute atomic E-state index is 13.8. The third-order valence-corrected chi connectivity index (χ3v) is 5.82. The topological polar surface area (TPSA) is 32.3 Å². The summed E-state index contributed by atoms with van der Waals surface area (Å²) in [5, 5.41) is 3.15. The molecule has 1 aliphatic heterocycles. The molecule has 0 aromatic heterocycles. The van der Waals surface area contributed by atoms with Crippen molar-refractivity contribution in [1.82, 2.24) is 10.2 Å². The smallest absolute Gasteiger partial charge is 0.223 e. The number of likely N-dealkylation sites (tertiary alicyclic amines) is 1. The Balaban J connectivity index is 1.50. The molecule has 0 spiro atoms. The van der Waals surface area contributed by atoms with Crippen molar-refractivity contribution >= 4 is 5.91 Å². The van der Waals surface area contributed by atoms with Crippen LogP contribution in [0.15, 0.2) is 42.5 Å². The first-order valence-corrected chi connectivity index (χ1v) is 10.4. The van der Waals surface area contributed by atoms with Crippen LogP contribution >= 0.6 is 0 Å². The van der Waals surface area contributed by atoms with E-state index in [1.54, 1.807) is 6.07 Å². The van der Waals surface area contributed by atoms with Gasteiger partial charge in [-0.1, -0.05) is 50.2 Å². The van der Waals surface area contributed by atoms with Gasteiger partial charge in [0.05, 0.1) is 0 Å². The van der Waals surface area contributed by atoms with E-state index in [1.165, 1.54) is 22.8 Å². The van der Waals surface area contributed by atoms with Gasteiger partial charge in [0.2, 0.25) is 5.91 Å². The Morgan fingerprint density at radius 2 is 1.79 bits per heavy atom. The van der Waals surface area contributed by atoms with Crippen molar-refractivity contribution in [3.8, 4) is 0 Å². The number of hydrogen-bond acceptors (Lipinski definition) is 2. The van der Waals surface area contributed by atoms with Crippen LogP contribution in [0.2, 0.25) is 0 Å². The molecule has 2 aromatic rings. The van der Waals surface area contributed by atoms with Gasteiger partial charge < -0.3 is 5.32 Å². The van der Waals surface area contributed by atoms with Gasteiger partial charge in [0.1, 0.15) is 5.82 Å². The zero-order valence-corrected chi connectivity index (χ0v) is 17.0. The fourth-order valence-electron chi connectivity index (χ4n) is 3.96. The normalized spacial score (nSPS) is 15.5. The predicted molar refractivity (Wildman–Crippen MR) is 111 cm³/mol. The third-order valence-electron chi connectivity index (χ3n) is 5.82. The van der Waals surface area contributed by atoms with Crippen LogP contribution in [0, 0.1) is 11.7 Å². The highest BCUT2D eigenvalue weighted by atomic mass is 19.1. The lowest BCUT2D eigenvalue weighted by Gasteiger charge is -2.31.